The van der Waals surface area contributed by atoms with Gasteiger partial charge >= 0.3 is 5.97 Å². The number of carboxylic acid groups (broad SMARTS) is 1. The number of rotatable bonds is 14. The van der Waals surface area contributed by atoms with Gasteiger partial charge in [-0.1, -0.05) is 67.5 Å². The molecule has 114 valence electrons. The standard InChI is InChI=1S/C14H28INO2S/c15-10-8-6-4-2-1-3-5-7-9-11-16-13(12-19)14(17)18/h13,16,19H,1-12H2,(H,17,18). The summed E-state index contributed by atoms with van der Waals surface area (Å²) in [5, 5.41) is 11.8. The Morgan fingerprint density at radius 1 is 1.00 bits per heavy atom. The second kappa shape index (κ2) is 14.9. The summed E-state index contributed by atoms with van der Waals surface area (Å²) in [6.45, 7) is 0.785. The first-order chi connectivity index (χ1) is 9.22. The van der Waals surface area contributed by atoms with Crippen molar-refractivity contribution in [2.24, 2.45) is 0 Å². The summed E-state index contributed by atoms with van der Waals surface area (Å²) >= 11 is 6.46. The second-order valence-electron chi connectivity index (χ2n) is 4.90. The van der Waals surface area contributed by atoms with Gasteiger partial charge in [-0.3, -0.25) is 4.79 Å². The van der Waals surface area contributed by atoms with E-state index in [1.54, 1.807) is 0 Å². The van der Waals surface area contributed by atoms with Crippen molar-refractivity contribution in [2.75, 3.05) is 16.7 Å². The lowest BCUT2D eigenvalue weighted by Crippen LogP contribution is -2.38. The molecular formula is C14H28INO2S. The topological polar surface area (TPSA) is 49.3 Å². The maximum atomic E-state index is 10.7. The first-order valence-electron chi connectivity index (χ1n) is 7.35. The molecule has 5 heteroatoms. The van der Waals surface area contributed by atoms with Crippen LogP contribution in [0.5, 0.6) is 0 Å². The fourth-order valence-electron chi connectivity index (χ4n) is 1.96. The summed E-state index contributed by atoms with van der Waals surface area (Å²) in [4.78, 5) is 10.7. The second-order valence-corrected chi connectivity index (χ2v) is 6.34. The van der Waals surface area contributed by atoms with Crippen molar-refractivity contribution in [3.05, 3.63) is 0 Å². The number of carbonyl (C=O) groups is 1. The Balaban J connectivity index is 3.16. The van der Waals surface area contributed by atoms with Crippen LogP contribution in [0.4, 0.5) is 0 Å². The Kier molecular flexibility index (Phi) is 15.3. The van der Waals surface area contributed by atoms with E-state index in [1.807, 2.05) is 0 Å². The highest BCUT2D eigenvalue weighted by Gasteiger charge is 2.13. The number of aliphatic carboxylic acids is 1. The molecule has 1 unspecified atom stereocenters. The molecule has 2 N–H and O–H groups in total. The molecule has 0 heterocycles. The Labute approximate surface area is 136 Å². The number of alkyl halides is 1. The summed E-state index contributed by atoms with van der Waals surface area (Å²) in [6, 6.07) is -0.499. The van der Waals surface area contributed by atoms with Crippen LogP contribution in [0.3, 0.4) is 0 Å². The van der Waals surface area contributed by atoms with Crippen molar-refractivity contribution >= 4 is 41.2 Å². The van der Waals surface area contributed by atoms with Gasteiger partial charge in [0.25, 0.3) is 0 Å². The molecule has 0 aromatic carbocycles. The number of carboxylic acids is 1. The van der Waals surface area contributed by atoms with Crippen LogP contribution in [0.15, 0.2) is 0 Å². The first kappa shape index (κ1) is 19.5. The Morgan fingerprint density at radius 3 is 1.89 bits per heavy atom. The third-order valence-electron chi connectivity index (χ3n) is 3.18. The summed E-state index contributed by atoms with van der Waals surface area (Å²) in [5.41, 5.74) is 0. The molecule has 0 saturated carbocycles. The number of unbranched alkanes of at least 4 members (excludes halogenated alkanes) is 8. The van der Waals surface area contributed by atoms with Crippen molar-refractivity contribution in [3.63, 3.8) is 0 Å². The van der Waals surface area contributed by atoms with Crippen molar-refractivity contribution in [1.82, 2.24) is 5.32 Å². The van der Waals surface area contributed by atoms with E-state index in [0.29, 0.717) is 5.75 Å². The zero-order chi connectivity index (χ0) is 14.3. The van der Waals surface area contributed by atoms with Gasteiger partial charge in [-0.05, 0) is 23.8 Å². The zero-order valence-electron chi connectivity index (χ0n) is 11.7. The molecule has 19 heavy (non-hydrogen) atoms. The molecule has 0 bridgehead atoms. The molecule has 0 aliphatic rings. The highest BCUT2D eigenvalue weighted by molar-refractivity contribution is 14.1. The molecule has 0 aliphatic heterocycles. The number of nitrogens with one attached hydrogen (secondary N) is 1. The molecule has 0 saturated heterocycles. The van der Waals surface area contributed by atoms with Crippen molar-refractivity contribution in [2.45, 2.75) is 63.8 Å². The minimum atomic E-state index is -0.804. The van der Waals surface area contributed by atoms with E-state index in [-0.39, 0.29) is 0 Å². The quantitative estimate of drug-likeness (QED) is 0.179. The number of hydrogen-bond donors (Lipinski definition) is 3. The molecule has 0 amide bonds. The Morgan fingerprint density at radius 2 is 1.47 bits per heavy atom. The molecule has 0 radical (unpaired) electrons. The van der Waals surface area contributed by atoms with Gasteiger partial charge in [0, 0.05) is 5.75 Å². The van der Waals surface area contributed by atoms with Gasteiger partial charge in [0.2, 0.25) is 0 Å². The van der Waals surface area contributed by atoms with Gasteiger partial charge in [-0.25, -0.2) is 0 Å². The van der Waals surface area contributed by atoms with Gasteiger partial charge in [-0.15, -0.1) is 0 Å². The van der Waals surface area contributed by atoms with Crippen LogP contribution in [0.25, 0.3) is 0 Å². The number of halogens is 1. The van der Waals surface area contributed by atoms with Crippen LogP contribution in [-0.2, 0) is 4.79 Å². The van der Waals surface area contributed by atoms with Crippen molar-refractivity contribution < 1.29 is 9.90 Å². The van der Waals surface area contributed by atoms with Gasteiger partial charge in [0.15, 0.2) is 0 Å². The summed E-state index contributed by atoms with van der Waals surface area (Å²) in [6.07, 6.45) is 11.7. The van der Waals surface area contributed by atoms with Crippen LogP contribution < -0.4 is 5.32 Å². The largest absolute Gasteiger partial charge is 0.480 e. The lowest BCUT2D eigenvalue weighted by Gasteiger charge is -2.11. The fourth-order valence-corrected chi connectivity index (χ4v) is 2.79. The Hall–Kier alpha value is 0.510. The van der Waals surface area contributed by atoms with Crippen LogP contribution >= 0.6 is 35.2 Å². The predicted molar refractivity (Wildman–Crippen MR) is 93.7 cm³/mol. The van der Waals surface area contributed by atoms with Crippen molar-refractivity contribution in [1.29, 1.82) is 0 Å². The van der Waals surface area contributed by atoms with E-state index in [0.717, 1.165) is 13.0 Å². The SMILES string of the molecule is O=C(O)C(CS)NCCCCCCCCCCCI. The summed E-state index contributed by atoms with van der Waals surface area (Å²) < 4.78 is 1.29. The monoisotopic (exact) mass is 401 g/mol. The average molecular weight is 401 g/mol. The van der Waals surface area contributed by atoms with Crippen LogP contribution in [0.1, 0.15) is 57.8 Å². The number of hydrogen-bond acceptors (Lipinski definition) is 3. The van der Waals surface area contributed by atoms with E-state index < -0.39 is 12.0 Å². The Bertz CT molecular complexity index is 218. The smallest absolute Gasteiger partial charge is 0.321 e. The molecule has 0 aromatic heterocycles. The average Bonchev–Trinajstić information content (AvgIpc) is 2.40. The maximum Gasteiger partial charge on any atom is 0.321 e. The zero-order valence-corrected chi connectivity index (χ0v) is 14.8. The lowest BCUT2D eigenvalue weighted by atomic mass is 10.1. The molecule has 0 aromatic rings. The van der Waals surface area contributed by atoms with E-state index in [1.165, 1.54) is 55.8 Å². The van der Waals surface area contributed by atoms with Crippen molar-refractivity contribution in [3.8, 4) is 0 Å². The molecule has 0 aliphatic carbocycles. The van der Waals surface area contributed by atoms with E-state index in [4.69, 9.17) is 5.11 Å². The normalized spacial score (nSPS) is 12.5. The first-order valence-corrected chi connectivity index (χ1v) is 9.51. The molecule has 0 rings (SSSR count). The number of thiol groups is 1. The molecule has 0 fully saturated rings. The predicted octanol–water partition coefficient (Wildman–Crippen LogP) is 3.90. The minimum Gasteiger partial charge on any atom is -0.480 e. The van der Waals surface area contributed by atoms with Crippen LogP contribution in [-0.4, -0.2) is 33.8 Å². The molecule has 1 atom stereocenters. The van der Waals surface area contributed by atoms with E-state index in [2.05, 4.69) is 40.5 Å². The van der Waals surface area contributed by atoms with Crippen LogP contribution in [0.2, 0.25) is 0 Å². The molecular weight excluding hydrogens is 373 g/mol. The van der Waals surface area contributed by atoms with E-state index in [9.17, 15) is 4.79 Å². The summed E-state index contributed by atoms with van der Waals surface area (Å²) in [7, 11) is 0. The van der Waals surface area contributed by atoms with Gasteiger partial charge in [0.05, 0.1) is 0 Å². The third kappa shape index (κ3) is 13.3. The fraction of sp³-hybridized carbons (Fsp3) is 0.929. The summed E-state index contributed by atoms with van der Waals surface area (Å²) in [5.74, 6) is -0.450. The third-order valence-corrected chi connectivity index (χ3v) is 4.31. The lowest BCUT2D eigenvalue weighted by molar-refractivity contribution is -0.138. The van der Waals surface area contributed by atoms with E-state index >= 15 is 0 Å². The van der Waals surface area contributed by atoms with Gasteiger partial charge in [0.1, 0.15) is 6.04 Å². The van der Waals surface area contributed by atoms with Gasteiger partial charge < -0.3 is 10.4 Å². The maximum absolute atomic E-state index is 10.7. The highest BCUT2D eigenvalue weighted by atomic mass is 127. The van der Waals surface area contributed by atoms with Gasteiger partial charge in [-0.2, -0.15) is 12.6 Å². The molecule has 0 spiro atoms. The van der Waals surface area contributed by atoms with Crippen LogP contribution in [0, 0.1) is 0 Å². The molecule has 3 nitrogen and oxygen atoms in total. The highest BCUT2D eigenvalue weighted by Crippen LogP contribution is 2.10. The minimum absolute atomic E-state index is 0.354.